The summed E-state index contributed by atoms with van der Waals surface area (Å²) in [6, 6.07) is 1.75. The molecular formula is C18H21F2NO2S. The van der Waals surface area contributed by atoms with Gasteiger partial charge < -0.3 is 0 Å². The lowest BCUT2D eigenvalue weighted by atomic mass is 9.92. The smallest absolute Gasteiger partial charge is 0.193 e. The molecule has 6 heteroatoms. The number of rotatable bonds is 5. The first-order chi connectivity index (χ1) is 11.5. The number of halogens is 2. The Hall–Kier alpha value is -1.56. The van der Waals surface area contributed by atoms with Gasteiger partial charge in [0.25, 0.3) is 0 Å². The van der Waals surface area contributed by atoms with Gasteiger partial charge in [-0.1, -0.05) is 0 Å². The third-order valence-electron chi connectivity index (χ3n) is 4.88. The van der Waals surface area contributed by atoms with Crippen molar-refractivity contribution < 1.29 is 17.2 Å². The molecular weight excluding hydrogens is 332 g/mol. The molecule has 3 nitrogen and oxygen atoms in total. The average Bonchev–Trinajstić information content (AvgIpc) is 3.21. The number of nitrogens with zero attached hydrogens (tertiary/aromatic N) is 1. The highest BCUT2D eigenvalue weighted by Gasteiger charge is 2.28. The zero-order valence-electron chi connectivity index (χ0n) is 13.7. The molecule has 0 aromatic carbocycles. The quantitative estimate of drug-likeness (QED) is 0.793. The summed E-state index contributed by atoms with van der Waals surface area (Å²) in [6.45, 7) is -1.11. The fourth-order valence-corrected chi connectivity index (χ4v) is 4.66. The van der Waals surface area contributed by atoms with Crippen LogP contribution in [-0.4, -0.2) is 33.0 Å². The van der Waals surface area contributed by atoms with Gasteiger partial charge in [-0.2, -0.15) is 0 Å². The Morgan fingerprint density at radius 2 is 1.58 bits per heavy atom. The van der Waals surface area contributed by atoms with E-state index in [4.69, 9.17) is 0 Å². The van der Waals surface area contributed by atoms with Crippen LogP contribution in [0.4, 0.5) is 8.78 Å². The van der Waals surface area contributed by atoms with Crippen molar-refractivity contribution in [2.75, 3.05) is 19.6 Å². The van der Waals surface area contributed by atoms with Crippen molar-refractivity contribution >= 4 is 21.0 Å². The molecule has 0 radical (unpaired) electrons. The molecule has 0 atom stereocenters. The van der Waals surface area contributed by atoms with Crippen molar-refractivity contribution in [1.82, 2.24) is 4.98 Å². The number of hydrogen-bond acceptors (Lipinski definition) is 3. The summed E-state index contributed by atoms with van der Waals surface area (Å²) in [6.07, 6.45) is 6.93. The minimum absolute atomic E-state index is 0.0135. The number of aromatic nitrogens is 1. The molecule has 1 heterocycles. The van der Waals surface area contributed by atoms with Crippen molar-refractivity contribution in [2.24, 2.45) is 0 Å². The first-order valence-electron chi connectivity index (χ1n) is 8.21. The first kappa shape index (κ1) is 17.3. The van der Waals surface area contributed by atoms with E-state index in [0.29, 0.717) is 30.4 Å². The zero-order chi connectivity index (χ0) is 17.3. The second-order valence-electron chi connectivity index (χ2n) is 6.45. The van der Waals surface area contributed by atoms with Crippen molar-refractivity contribution in [2.45, 2.75) is 43.6 Å². The minimum atomic E-state index is -3.56. The van der Waals surface area contributed by atoms with Gasteiger partial charge in [-0.05, 0) is 72.4 Å². The van der Waals surface area contributed by atoms with E-state index in [9.17, 15) is 17.2 Å². The van der Waals surface area contributed by atoms with E-state index in [1.807, 2.05) is 0 Å². The second kappa shape index (κ2) is 6.75. The molecule has 2 aliphatic carbocycles. The normalized spacial score (nSPS) is 18.8. The highest BCUT2D eigenvalue weighted by Crippen LogP contribution is 2.43. The molecule has 0 amide bonds. The van der Waals surface area contributed by atoms with Crippen molar-refractivity contribution in [3.05, 3.63) is 34.5 Å². The van der Waals surface area contributed by atoms with Gasteiger partial charge in [0.2, 0.25) is 0 Å². The van der Waals surface area contributed by atoms with Gasteiger partial charge in [0, 0.05) is 18.0 Å². The standard InChI is InChI=1S/C18H21F2NO2S/c1-24(22,23)18-17(15-7-3-5-13(15)11-20)16(8-9-21-18)14-6-2-4-12(14)10-19/h8-9H,2-7,10-11H2,1H3. The summed E-state index contributed by atoms with van der Waals surface area (Å²) in [4.78, 5) is 4.09. The van der Waals surface area contributed by atoms with Crippen molar-refractivity contribution in [1.29, 1.82) is 0 Å². The molecule has 1 aromatic rings. The molecule has 0 fully saturated rings. The molecule has 0 unspecified atom stereocenters. The van der Waals surface area contributed by atoms with E-state index >= 15 is 0 Å². The topological polar surface area (TPSA) is 47.0 Å². The maximum absolute atomic E-state index is 13.4. The number of pyridine rings is 1. The fraction of sp³-hybridized carbons (Fsp3) is 0.500. The van der Waals surface area contributed by atoms with E-state index in [1.165, 1.54) is 6.20 Å². The molecule has 130 valence electrons. The Balaban J connectivity index is 2.32. The van der Waals surface area contributed by atoms with E-state index in [2.05, 4.69) is 4.98 Å². The van der Waals surface area contributed by atoms with Crippen LogP contribution in [0.1, 0.15) is 49.7 Å². The van der Waals surface area contributed by atoms with Gasteiger partial charge in [-0.3, -0.25) is 0 Å². The van der Waals surface area contributed by atoms with Crippen LogP contribution in [0.2, 0.25) is 0 Å². The monoisotopic (exact) mass is 353 g/mol. The Morgan fingerprint density at radius 1 is 1.00 bits per heavy atom. The maximum atomic E-state index is 13.4. The second-order valence-corrected chi connectivity index (χ2v) is 8.38. The Morgan fingerprint density at radius 3 is 2.17 bits per heavy atom. The van der Waals surface area contributed by atoms with Gasteiger partial charge >= 0.3 is 0 Å². The number of alkyl halides is 2. The lowest BCUT2D eigenvalue weighted by Crippen LogP contribution is -2.09. The van der Waals surface area contributed by atoms with E-state index < -0.39 is 23.2 Å². The maximum Gasteiger partial charge on any atom is 0.193 e. The molecule has 0 saturated heterocycles. The van der Waals surface area contributed by atoms with Crippen LogP contribution in [0.5, 0.6) is 0 Å². The van der Waals surface area contributed by atoms with Gasteiger partial charge in [0.05, 0.1) is 0 Å². The average molecular weight is 353 g/mol. The van der Waals surface area contributed by atoms with Crippen molar-refractivity contribution in [3.8, 4) is 0 Å². The number of allylic oxidation sites excluding steroid dienone is 4. The van der Waals surface area contributed by atoms with Crippen LogP contribution >= 0.6 is 0 Å². The highest BCUT2D eigenvalue weighted by atomic mass is 32.2. The summed E-state index contributed by atoms with van der Waals surface area (Å²) in [7, 11) is -3.56. The highest BCUT2D eigenvalue weighted by molar-refractivity contribution is 7.90. The lowest BCUT2D eigenvalue weighted by Gasteiger charge is -2.17. The van der Waals surface area contributed by atoms with Gasteiger partial charge in [0.15, 0.2) is 14.9 Å². The molecule has 0 aliphatic heterocycles. The van der Waals surface area contributed by atoms with E-state index in [-0.39, 0.29) is 5.03 Å². The summed E-state index contributed by atoms with van der Waals surface area (Å²) in [5.74, 6) is 0. The molecule has 24 heavy (non-hydrogen) atoms. The predicted molar refractivity (Wildman–Crippen MR) is 90.8 cm³/mol. The molecule has 1 aromatic heterocycles. The molecule has 0 bridgehead atoms. The molecule has 2 aliphatic rings. The number of sulfone groups is 1. The summed E-state index contributed by atoms with van der Waals surface area (Å²) in [5.41, 5.74) is 4.22. The van der Waals surface area contributed by atoms with Crippen LogP contribution < -0.4 is 0 Å². The van der Waals surface area contributed by atoms with Crippen LogP contribution in [0.3, 0.4) is 0 Å². The van der Waals surface area contributed by atoms with Crippen LogP contribution in [0.25, 0.3) is 11.1 Å². The Bertz CT molecular complexity index is 825. The van der Waals surface area contributed by atoms with Gasteiger partial charge in [-0.15, -0.1) is 0 Å². The van der Waals surface area contributed by atoms with Crippen LogP contribution in [0, 0.1) is 0 Å². The Labute approximate surface area is 141 Å². The van der Waals surface area contributed by atoms with Gasteiger partial charge in [0.1, 0.15) is 13.3 Å². The van der Waals surface area contributed by atoms with E-state index in [0.717, 1.165) is 47.8 Å². The largest absolute Gasteiger partial charge is 0.246 e. The molecule has 0 spiro atoms. The number of hydrogen-bond donors (Lipinski definition) is 0. The summed E-state index contributed by atoms with van der Waals surface area (Å²) >= 11 is 0. The fourth-order valence-electron chi connectivity index (χ4n) is 3.80. The lowest BCUT2D eigenvalue weighted by molar-refractivity contribution is 0.535. The molecule has 0 saturated carbocycles. The van der Waals surface area contributed by atoms with Crippen LogP contribution in [-0.2, 0) is 9.84 Å². The third-order valence-corrected chi connectivity index (χ3v) is 5.89. The summed E-state index contributed by atoms with van der Waals surface area (Å²) < 4.78 is 51.3. The predicted octanol–water partition coefficient (Wildman–Crippen LogP) is 4.30. The van der Waals surface area contributed by atoms with Crippen molar-refractivity contribution in [3.63, 3.8) is 0 Å². The summed E-state index contributed by atoms with van der Waals surface area (Å²) in [5, 5.41) is -0.0135. The third kappa shape index (κ3) is 3.04. The van der Waals surface area contributed by atoms with Crippen LogP contribution in [0.15, 0.2) is 28.4 Å². The van der Waals surface area contributed by atoms with Gasteiger partial charge in [-0.25, -0.2) is 22.2 Å². The Kier molecular flexibility index (Phi) is 4.85. The van der Waals surface area contributed by atoms with E-state index in [1.54, 1.807) is 6.07 Å². The first-order valence-corrected chi connectivity index (χ1v) is 10.1. The minimum Gasteiger partial charge on any atom is -0.246 e. The molecule has 3 rings (SSSR count). The molecule has 0 N–H and O–H groups in total. The zero-order valence-corrected chi connectivity index (χ0v) is 14.6. The SMILES string of the molecule is CS(=O)(=O)c1nccc(C2=C(CF)CCC2)c1C1=C(CF)CCC1.